The van der Waals surface area contributed by atoms with Gasteiger partial charge in [-0.25, -0.2) is 9.55 Å². The van der Waals surface area contributed by atoms with E-state index in [1.54, 1.807) is 29.1 Å². The number of carbonyl (C=O) groups is 1. The first-order valence-corrected chi connectivity index (χ1v) is 10.5. The summed E-state index contributed by atoms with van der Waals surface area (Å²) in [7, 11) is 0. The number of hydrogen-bond donors (Lipinski definition) is 3. The van der Waals surface area contributed by atoms with Crippen LogP contribution in [0.5, 0.6) is 0 Å². The number of nitrogens with zero attached hydrogens (tertiary/aromatic N) is 3. The molecular weight excluding hydrogens is 404 g/mol. The SMILES string of the molecule is C[C@H]1NC(=O)c2cc(-c3cccc4c(=O)n(-c5cccnc5)c(NC(C)(C)C)nc34)[nH]c21. The fraction of sp³-hybridized carbons (Fsp3) is 0.250. The molecular formula is C24H24N6O2. The van der Waals surface area contributed by atoms with Crippen LogP contribution in [0.3, 0.4) is 0 Å². The number of carbonyl (C=O) groups excluding carboxylic acids is 1. The average molecular weight is 428 g/mol. The second kappa shape index (κ2) is 7.05. The van der Waals surface area contributed by atoms with Crippen LogP contribution >= 0.6 is 0 Å². The number of nitrogens with one attached hydrogen (secondary N) is 3. The summed E-state index contributed by atoms with van der Waals surface area (Å²) >= 11 is 0. The van der Waals surface area contributed by atoms with Crippen molar-refractivity contribution in [1.82, 2.24) is 24.8 Å². The molecule has 8 heteroatoms. The normalized spacial score (nSPS) is 15.6. The number of para-hydroxylation sites is 1. The van der Waals surface area contributed by atoms with E-state index >= 15 is 0 Å². The van der Waals surface area contributed by atoms with Gasteiger partial charge in [-0.2, -0.15) is 0 Å². The number of aromatic amines is 1. The summed E-state index contributed by atoms with van der Waals surface area (Å²) in [6, 6.07) is 10.9. The molecule has 0 unspecified atom stereocenters. The number of rotatable bonds is 3. The molecule has 1 aromatic carbocycles. The third-order valence-corrected chi connectivity index (χ3v) is 5.45. The number of anilines is 1. The summed E-state index contributed by atoms with van der Waals surface area (Å²) in [6.07, 6.45) is 3.31. The molecule has 1 amide bonds. The maximum Gasteiger partial charge on any atom is 0.267 e. The van der Waals surface area contributed by atoms with Crippen molar-refractivity contribution in [3.05, 3.63) is 70.4 Å². The van der Waals surface area contributed by atoms with E-state index in [9.17, 15) is 9.59 Å². The molecule has 0 fully saturated rings. The fourth-order valence-electron chi connectivity index (χ4n) is 4.06. The van der Waals surface area contributed by atoms with Crippen molar-refractivity contribution in [2.45, 2.75) is 39.3 Å². The van der Waals surface area contributed by atoms with Crippen molar-refractivity contribution in [2.24, 2.45) is 0 Å². The lowest BCUT2D eigenvalue weighted by atomic mass is 10.1. The Labute approximate surface area is 184 Å². The third-order valence-electron chi connectivity index (χ3n) is 5.45. The van der Waals surface area contributed by atoms with Crippen molar-refractivity contribution >= 4 is 22.8 Å². The molecule has 5 rings (SSSR count). The van der Waals surface area contributed by atoms with Gasteiger partial charge in [-0.15, -0.1) is 0 Å². The molecule has 1 aliphatic rings. The number of fused-ring (bicyclic) bond motifs is 2. The zero-order valence-electron chi connectivity index (χ0n) is 18.4. The summed E-state index contributed by atoms with van der Waals surface area (Å²) in [5, 5.41) is 6.74. The minimum absolute atomic E-state index is 0.0879. The van der Waals surface area contributed by atoms with Crippen LogP contribution in [0, 0.1) is 0 Å². The molecule has 32 heavy (non-hydrogen) atoms. The Hall–Kier alpha value is -3.94. The average Bonchev–Trinajstić information content (AvgIpc) is 3.28. The molecule has 0 spiro atoms. The number of H-pyrrole nitrogens is 1. The molecule has 0 saturated heterocycles. The monoisotopic (exact) mass is 428 g/mol. The number of amides is 1. The number of pyridine rings is 1. The van der Waals surface area contributed by atoms with Gasteiger partial charge in [0.2, 0.25) is 5.95 Å². The molecule has 0 bridgehead atoms. The quantitative estimate of drug-likeness (QED) is 0.460. The largest absolute Gasteiger partial charge is 0.356 e. The van der Waals surface area contributed by atoms with Gasteiger partial charge in [-0.3, -0.25) is 14.6 Å². The minimum atomic E-state index is -0.326. The predicted molar refractivity (Wildman–Crippen MR) is 124 cm³/mol. The lowest BCUT2D eigenvalue weighted by Gasteiger charge is -2.24. The summed E-state index contributed by atoms with van der Waals surface area (Å²) < 4.78 is 1.55. The third kappa shape index (κ3) is 3.24. The molecule has 4 aromatic rings. The second-order valence-corrected chi connectivity index (χ2v) is 9.07. The molecule has 0 radical (unpaired) electrons. The lowest BCUT2D eigenvalue weighted by Crippen LogP contribution is -2.32. The highest BCUT2D eigenvalue weighted by Crippen LogP contribution is 2.33. The molecule has 0 saturated carbocycles. The van der Waals surface area contributed by atoms with Crippen molar-refractivity contribution < 1.29 is 4.79 Å². The topological polar surface area (TPSA) is 105 Å². The van der Waals surface area contributed by atoms with Gasteiger partial charge < -0.3 is 15.6 Å². The van der Waals surface area contributed by atoms with E-state index in [1.807, 2.05) is 52.0 Å². The van der Waals surface area contributed by atoms with E-state index in [0.717, 1.165) is 17.0 Å². The first-order chi connectivity index (χ1) is 15.2. The molecule has 162 valence electrons. The van der Waals surface area contributed by atoms with Crippen LogP contribution < -0.4 is 16.2 Å². The highest BCUT2D eigenvalue weighted by Gasteiger charge is 2.29. The molecule has 0 aliphatic carbocycles. The van der Waals surface area contributed by atoms with E-state index in [4.69, 9.17) is 4.98 Å². The summed E-state index contributed by atoms with van der Waals surface area (Å²) in [5.41, 5.74) is 3.68. The van der Waals surface area contributed by atoms with Crippen molar-refractivity contribution in [3.8, 4) is 16.9 Å². The van der Waals surface area contributed by atoms with Crippen LogP contribution in [0.2, 0.25) is 0 Å². The van der Waals surface area contributed by atoms with Gasteiger partial charge in [0.05, 0.1) is 40.1 Å². The summed E-state index contributed by atoms with van der Waals surface area (Å²) in [4.78, 5) is 38.3. The first kappa shape index (κ1) is 20.0. The van der Waals surface area contributed by atoms with E-state index in [-0.39, 0.29) is 23.0 Å². The Kier molecular flexibility index (Phi) is 4.40. The van der Waals surface area contributed by atoms with Crippen LogP contribution in [-0.4, -0.2) is 31.0 Å². The molecule has 8 nitrogen and oxygen atoms in total. The molecule has 1 aliphatic heterocycles. The van der Waals surface area contributed by atoms with Gasteiger partial charge in [-0.05, 0) is 52.0 Å². The van der Waals surface area contributed by atoms with E-state index in [1.165, 1.54) is 0 Å². The van der Waals surface area contributed by atoms with Crippen molar-refractivity contribution in [2.75, 3.05) is 5.32 Å². The van der Waals surface area contributed by atoms with Crippen molar-refractivity contribution in [3.63, 3.8) is 0 Å². The highest BCUT2D eigenvalue weighted by atomic mass is 16.2. The zero-order chi connectivity index (χ0) is 22.6. The van der Waals surface area contributed by atoms with Gasteiger partial charge in [0, 0.05) is 23.0 Å². The number of benzene rings is 1. The number of aromatic nitrogens is 4. The van der Waals surface area contributed by atoms with Gasteiger partial charge in [0.25, 0.3) is 11.5 Å². The highest BCUT2D eigenvalue weighted by molar-refractivity contribution is 6.01. The van der Waals surface area contributed by atoms with E-state index < -0.39 is 0 Å². The maximum atomic E-state index is 13.6. The summed E-state index contributed by atoms with van der Waals surface area (Å²) in [5.74, 6) is 0.331. The summed E-state index contributed by atoms with van der Waals surface area (Å²) in [6.45, 7) is 7.97. The van der Waals surface area contributed by atoms with Gasteiger partial charge in [0.1, 0.15) is 0 Å². The minimum Gasteiger partial charge on any atom is -0.356 e. The Bertz CT molecular complexity index is 1410. The first-order valence-electron chi connectivity index (χ1n) is 10.5. The van der Waals surface area contributed by atoms with E-state index in [2.05, 4.69) is 20.6 Å². The number of hydrogen-bond acceptors (Lipinski definition) is 5. The van der Waals surface area contributed by atoms with Gasteiger partial charge in [-0.1, -0.05) is 12.1 Å². The smallest absolute Gasteiger partial charge is 0.267 e. The van der Waals surface area contributed by atoms with E-state index in [0.29, 0.717) is 28.1 Å². The Morgan fingerprint density at radius 1 is 1.09 bits per heavy atom. The zero-order valence-corrected chi connectivity index (χ0v) is 18.4. The molecule has 3 N–H and O–H groups in total. The molecule has 1 atom stereocenters. The Morgan fingerprint density at radius 3 is 2.59 bits per heavy atom. The van der Waals surface area contributed by atoms with Crippen LogP contribution in [-0.2, 0) is 0 Å². The lowest BCUT2D eigenvalue weighted by molar-refractivity contribution is 0.0958. The Balaban J connectivity index is 1.78. The van der Waals surface area contributed by atoms with Crippen LogP contribution in [0.15, 0.2) is 53.6 Å². The molecule has 3 aromatic heterocycles. The molecule has 4 heterocycles. The van der Waals surface area contributed by atoms with Gasteiger partial charge in [0.15, 0.2) is 0 Å². The fourth-order valence-corrected chi connectivity index (χ4v) is 4.06. The van der Waals surface area contributed by atoms with Crippen LogP contribution in [0.25, 0.3) is 27.8 Å². The van der Waals surface area contributed by atoms with Crippen LogP contribution in [0.1, 0.15) is 49.8 Å². The maximum absolute atomic E-state index is 13.6. The van der Waals surface area contributed by atoms with Crippen LogP contribution in [0.4, 0.5) is 5.95 Å². The van der Waals surface area contributed by atoms with Crippen molar-refractivity contribution in [1.29, 1.82) is 0 Å². The Morgan fingerprint density at radius 2 is 1.91 bits per heavy atom. The standard InChI is InChI=1S/C24H24N6O2/c1-13-19-17(21(31)26-13)11-18(27-19)15-8-5-9-16-20(15)28-23(29-24(2,3)4)30(22(16)32)14-7-6-10-25-12-14/h5-13,27H,1-4H3,(H,26,31)(H,28,29)/t13-/m1/s1. The second-order valence-electron chi connectivity index (χ2n) is 9.07. The predicted octanol–water partition coefficient (Wildman–Crippen LogP) is 3.79. The van der Waals surface area contributed by atoms with Gasteiger partial charge >= 0.3 is 0 Å².